The van der Waals surface area contributed by atoms with Gasteiger partial charge >= 0.3 is 0 Å². The molecule has 0 heterocycles. The Balaban J connectivity index is 1.47. The third-order valence-corrected chi connectivity index (χ3v) is 6.80. The second-order valence-electron chi connectivity index (χ2n) is 10.5. The molecule has 5 nitrogen and oxygen atoms in total. The first-order valence-electron chi connectivity index (χ1n) is 14.1. The molecule has 0 aliphatic heterocycles. The Labute approximate surface area is 242 Å². The van der Waals surface area contributed by atoms with E-state index in [2.05, 4.69) is 65.6 Å². The fraction of sp³-hybridized carbons (Fsp3) is 0.286. The molecule has 41 heavy (non-hydrogen) atoms. The van der Waals surface area contributed by atoms with Crippen molar-refractivity contribution >= 4 is 5.91 Å². The second kappa shape index (κ2) is 15.0. The van der Waals surface area contributed by atoms with Crippen LogP contribution in [0.25, 0.3) is 0 Å². The molecule has 0 saturated carbocycles. The minimum absolute atomic E-state index is 0.000724. The summed E-state index contributed by atoms with van der Waals surface area (Å²) in [6, 6.07) is 34.0. The Morgan fingerprint density at radius 1 is 0.854 bits per heavy atom. The zero-order valence-corrected chi connectivity index (χ0v) is 23.8. The van der Waals surface area contributed by atoms with E-state index in [-0.39, 0.29) is 24.2 Å². The number of carbonyl (C=O) groups excluding carboxylic acids is 1. The van der Waals surface area contributed by atoms with Crippen LogP contribution >= 0.6 is 0 Å². The quantitative estimate of drug-likeness (QED) is 0.165. The summed E-state index contributed by atoms with van der Waals surface area (Å²) in [6.45, 7) is 6.74. The Hall–Kier alpha value is -4.16. The van der Waals surface area contributed by atoms with Crippen molar-refractivity contribution in [3.8, 4) is 11.5 Å². The van der Waals surface area contributed by atoms with Crippen LogP contribution in [0.3, 0.4) is 0 Å². The Kier molecular flexibility index (Phi) is 10.9. The molecule has 0 atom stereocenters. The molecule has 6 heteroatoms. The normalized spacial score (nSPS) is 11.3. The van der Waals surface area contributed by atoms with Gasteiger partial charge in [-0.1, -0.05) is 78.9 Å². The van der Waals surface area contributed by atoms with Crippen molar-refractivity contribution in [2.45, 2.75) is 45.3 Å². The number of primary amides is 1. The summed E-state index contributed by atoms with van der Waals surface area (Å²) in [6.07, 6.45) is 0.840. The van der Waals surface area contributed by atoms with Crippen LogP contribution in [-0.2, 0) is 17.8 Å². The standard InChI is InChI=1S/C35H39FN2O3/c1-26(2)41-31-17-14-27(15-18-31)24-38(20-9-21-40-34-19-16-28(22-33(34)36)23-35(37)39)25-32(29-10-5-3-6-11-29)30-12-7-4-8-13-30/h3-8,10-19,22,26,32H,9,20-21,23-25H2,1-2H3,(H2,37,39). The van der Waals surface area contributed by atoms with Gasteiger partial charge in [0.25, 0.3) is 0 Å². The molecule has 4 aromatic carbocycles. The molecule has 2 N–H and O–H groups in total. The number of hydrogen-bond donors (Lipinski definition) is 1. The number of nitrogens with zero attached hydrogens (tertiary/aromatic N) is 1. The molecular weight excluding hydrogens is 515 g/mol. The van der Waals surface area contributed by atoms with Gasteiger partial charge in [0, 0.05) is 25.6 Å². The van der Waals surface area contributed by atoms with Crippen LogP contribution in [0.15, 0.2) is 103 Å². The number of rotatable bonds is 15. The first kappa shape index (κ1) is 29.8. The van der Waals surface area contributed by atoms with Crippen LogP contribution in [-0.4, -0.2) is 36.6 Å². The van der Waals surface area contributed by atoms with E-state index in [4.69, 9.17) is 15.2 Å². The lowest BCUT2D eigenvalue weighted by Gasteiger charge is -2.28. The molecule has 4 rings (SSSR count). The summed E-state index contributed by atoms with van der Waals surface area (Å²) in [5.41, 5.74) is 9.48. The first-order chi connectivity index (χ1) is 19.9. The lowest BCUT2D eigenvalue weighted by atomic mass is 9.90. The lowest BCUT2D eigenvalue weighted by molar-refractivity contribution is -0.117. The van der Waals surface area contributed by atoms with Crippen LogP contribution in [0.2, 0.25) is 0 Å². The molecule has 0 fully saturated rings. The summed E-state index contributed by atoms with van der Waals surface area (Å²) in [5, 5.41) is 0. The average Bonchev–Trinajstić information content (AvgIpc) is 2.96. The number of halogens is 1. The molecule has 1 amide bonds. The van der Waals surface area contributed by atoms with Gasteiger partial charge in [-0.15, -0.1) is 0 Å². The molecular formula is C35H39FN2O3. The van der Waals surface area contributed by atoms with Gasteiger partial charge < -0.3 is 15.2 Å². The highest BCUT2D eigenvalue weighted by atomic mass is 19.1. The van der Waals surface area contributed by atoms with Crippen LogP contribution in [0.4, 0.5) is 4.39 Å². The third kappa shape index (κ3) is 9.47. The highest BCUT2D eigenvalue weighted by Gasteiger charge is 2.19. The van der Waals surface area contributed by atoms with E-state index in [1.54, 1.807) is 12.1 Å². The van der Waals surface area contributed by atoms with Crippen LogP contribution in [0.1, 0.15) is 48.4 Å². The third-order valence-electron chi connectivity index (χ3n) is 6.80. The molecule has 0 bridgehead atoms. The molecule has 214 valence electrons. The maximum Gasteiger partial charge on any atom is 0.221 e. The van der Waals surface area contributed by atoms with E-state index in [0.717, 1.165) is 25.4 Å². The van der Waals surface area contributed by atoms with Crippen LogP contribution in [0, 0.1) is 5.82 Å². The Morgan fingerprint density at radius 2 is 1.46 bits per heavy atom. The van der Waals surface area contributed by atoms with E-state index in [0.29, 0.717) is 18.6 Å². The zero-order valence-electron chi connectivity index (χ0n) is 23.8. The Morgan fingerprint density at radius 3 is 2.02 bits per heavy atom. The van der Waals surface area contributed by atoms with Crippen molar-refractivity contribution in [1.82, 2.24) is 4.90 Å². The number of nitrogens with two attached hydrogens (primary N) is 1. The molecule has 4 aromatic rings. The van der Waals surface area contributed by atoms with E-state index in [1.165, 1.54) is 22.8 Å². The molecule has 0 aliphatic rings. The molecule has 0 aromatic heterocycles. The van der Waals surface area contributed by atoms with Gasteiger partial charge in [-0.05, 0) is 66.8 Å². The van der Waals surface area contributed by atoms with Crippen molar-refractivity contribution in [2.75, 3.05) is 19.7 Å². The minimum Gasteiger partial charge on any atom is -0.491 e. The van der Waals surface area contributed by atoms with Gasteiger partial charge in [0.2, 0.25) is 5.91 Å². The highest BCUT2D eigenvalue weighted by molar-refractivity contribution is 5.76. The first-order valence-corrected chi connectivity index (χ1v) is 14.1. The van der Waals surface area contributed by atoms with Crippen molar-refractivity contribution < 1.29 is 18.7 Å². The molecule has 0 saturated heterocycles. The number of carbonyl (C=O) groups is 1. The topological polar surface area (TPSA) is 64.8 Å². The fourth-order valence-corrected chi connectivity index (χ4v) is 4.91. The number of hydrogen-bond acceptors (Lipinski definition) is 4. The van der Waals surface area contributed by atoms with E-state index in [1.807, 2.05) is 38.1 Å². The molecule has 0 unspecified atom stereocenters. The van der Waals surface area contributed by atoms with Gasteiger partial charge in [-0.3, -0.25) is 9.69 Å². The molecule has 0 radical (unpaired) electrons. The minimum atomic E-state index is -0.496. The van der Waals surface area contributed by atoms with Gasteiger partial charge in [-0.2, -0.15) is 0 Å². The van der Waals surface area contributed by atoms with Crippen molar-refractivity contribution in [3.05, 3.63) is 131 Å². The summed E-state index contributed by atoms with van der Waals surface area (Å²) in [7, 11) is 0. The summed E-state index contributed by atoms with van der Waals surface area (Å²) < 4.78 is 26.2. The van der Waals surface area contributed by atoms with Crippen molar-refractivity contribution in [1.29, 1.82) is 0 Å². The lowest BCUT2D eigenvalue weighted by Crippen LogP contribution is -2.30. The SMILES string of the molecule is CC(C)Oc1ccc(CN(CCCOc2ccc(CC(N)=O)cc2F)CC(c2ccccc2)c2ccccc2)cc1. The van der Waals surface area contributed by atoms with Crippen LogP contribution < -0.4 is 15.2 Å². The predicted molar refractivity (Wildman–Crippen MR) is 162 cm³/mol. The average molecular weight is 555 g/mol. The highest BCUT2D eigenvalue weighted by Crippen LogP contribution is 2.27. The second-order valence-corrected chi connectivity index (χ2v) is 10.5. The fourth-order valence-electron chi connectivity index (χ4n) is 4.91. The molecule has 0 spiro atoms. The maximum absolute atomic E-state index is 14.5. The number of benzene rings is 4. The van der Waals surface area contributed by atoms with Gasteiger partial charge in [0.15, 0.2) is 11.6 Å². The van der Waals surface area contributed by atoms with Crippen LogP contribution in [0.5, 0.6) is 11.5 Å². The van der Waals surface area contributed by atoms with E-state index in [9.17, 15) is 9.18 Å². The van der Waals surface area contributed by atoms with Gasteiger partial charge in [0.05, 0.1) is 19.1 Å². The van der Waals surface area contributed by atoms with E-state index >= 15 is 0 Å². The van der Waals surface area contributed by atoms with Gasteiger partial charge in [-0.25, -0.2) is 4.39 Å². The monoisotopic (exact) mass is 554 g/mol. The van der Waals surface area contributed by atoms with E-state index < -0.39 is 11.7 Å². The largest absolute Gasteiger partial charge is 0.491 e. The van der Waals surface area contributed by atoms with Crippen molar-refractivity contribution in [2.24, 2.45) is 5.73 Å². The summed E-state index contributed by atoms with van der Waals surface area (Å²) in [4.78, 5) is 13.6. The van der Waals surface area contributed by atoms with Gasteiger partial charge in [0.1, 0.15) is 5.75 Å². The summed E-state index contributed by atoms with van der Waals surface area (Å²) >= 11 is 0. The number of amides is 1. The molecule has 0 aliphatic carbocycles. The predicted octanol–water partition coefficient (Wildman–Crippen LogP) is 6.74. The Bertz CT molecular complexity index is 1320. The summed E-state index contributed by atoms with van der Waals surface area (Å²) in [5.74, 6) is 0.246. The maximum atomic E-state index is 14.5. The zero-order chi connectivity index (χ0) is 29.0. The van der Waals surface area contributed by atoms with Crippen molar-refractivity contribution in [3.63, 3.8) is 0 Å². The smallest absolute Gasteiger partial charge is 0.221 e. The number of ether oxygens (including phenoxy) is 2.